The van der Waals surface area contributed by atoms with E-state index in [1.807, 2.05) is 11.7 Å². The van der Waals surface area contributed by atoms with Crippen LogP contribution in [0, 0.1) is 13.8 Å². The minimum Gasteiger partial charge on any atom is -0.381 e. The van der Waals surface area contributed by atoms with E-state index in [1.165, 1.54) is 36.3 Å². The van der Waals surface area contributed by atoms with Crippen LogP contribution >= 0.6 is 0 Å². The average molecular weight is 298 g/mol. The standard InChI is InChI=1S/C18H26N4/c1-14-18(15(2)21(3)20-14)13-22-11-7-10-17(12-22)19-16-8-5-4-6-9-16/h4-6,8-9,17,19H,7,10-13H2,1-3H3/t17-/m0/s1. The molecule has 1 fully saturated rings. The third-order valence-corrected chi connectivity index (χ3v) is 4.69. The quantitative estimate of drug-likeness (QED) is 0.941. The van der Waals surface area contributed by atoms with Crippen LogP contribution in [0.4, 0.5) is 5.69 Å². The lowest BCUT2D eigenvalue weighted by molar-refractivity contribution is 0.208. The fourth-order valence-corrected chi connectivity index (χ4v) is 3.36. The Morgan fingerprint density at radius 1 is 1.23 bits per heavy atom. The summed E-state index contributed by atoms with van der Waals surface area (Å²) in [7, 11) is 2.03. The molecule has 3 rings (SSSR count). The fraction of sp³-hybridized carbons (Fsp3) is 0.500. The summed E-state index contributed by atoms with van der Waals surface area (Å²) in [5.41, 5.74) is 5.07. The normalized spacial score (nSPS) is 19.3. The van der Waals surface area contributed by atoms with Gasteiger partial charge in [0.1, 0.15) is 0 Å². The van der Waals surface area contributed by atoms with Crippen LogP contribution in [-0.4, -0.2) is 33.8 Å². The molecule has 4 heteroatoms. The predicted octanol–water partition coefficient (Wildman–Crippen LogP) is 3.11. The molecule has 0 saturated carbocycles. The van der Waals surface area contributed by atoms with E-state index in [0.717, 1.165) is 18.8 Å². The molecule has 2 aromatic rings. The molecule has 1 atom stereocenters. The second kappa shape index (κ2) is 6.53. The maximum absolute atomic E-state index is 4.54. The predicted molar refractivity (Wildman–Crippen MR) is 91.0 cm³/mol. The van der Waals surface area contributed by atoms with Crippen LogP contribution in [0.2, 0.25) is 0 Å². The number of aromatic nitrogens is 2. The summed E-state index contributed by atoms with van der Waals surface area (Å²) in [6.07, 6.45) is 2.50. The van der Waals surface area contributed by atoms with Crippen LogP contribution in [0.25, 0.3) is 0 Å². The SMILES string of the molecule is Cc1nn(C)c(C)c1CN1CCC[C@H](Nc2ccccc2)C1. The molecule has 22 heavy (non-hydrogen) atoms. The summed E-state index contributed by atoms with van der Waals surface area (Å²) in [6, 6.07) is 11.1. The Morgan fingerprint density at radius 3 is 2.68 bits per heavy atom. The molecule has 118 valence electrons. The largest absolute Gasteiger partial charge is 0.381 e. The number of benzene rings is 1. The molecule has 0 bridgehead atoms. The summed E-state index contributed by atoms with van der Waals surface area (Å²) in [6.45, 7) is 7.58. The third-order valence-electron chi connectivity index (χ3n) is 4.69. The molecule has 1 aliphatic heterocycles. The van der Waals surface area contributed by atoms with E-state index in [-0.39, 0.29) is 0 Å². The molecule has 0 radical (unpaired) electrons. The van der Waals surface area contributed by atoms with E-state index < -0.39 is 0 Å². The number of piperidine rings is 1. The molecule has 0 amide bonds. The number of aryl methyl sites for hydroxylation is 2. The van der Waals surface area contributed by atoms with Crippen molar-refractivity contribution in [2.75, 3.05) is 18.4 Å². The molecular formula is C18H26N4. The van der Waals surface area contributed by atoms with Gasteiger partial charge in [0.05, 0.1) is 5.69 Å². The van der Waals surface area contributed by atoms with Crippen LogP contribution < -0.4 is 5.32 Å². The van der Waals surface area contributed by atoms with Crippen molar-refractivity contribution >= 4 is 5.69 Å². The summed E-state index contributed by atoms with van der Waals surface area (Å²) < 4.78 is 1.99. The van der Waals surface area contributed by atoms with Crippen molar-refractivity contribution < 1.29 is 0 Å². The topological polar surface area (TPSA) is 33.1 Å². The van der Waals surface area contributed by atoms with E-state index in [9.17, 15) is 0 Å². The van der Waals surface area contributed by atoms with Crippen molar-refractivity contribution in [1.82, 2.24) is 14.7 Å². The van der Waals surface area contributed by atoms with Gasteiger partial charge in [-0.2, -0.15) is 5.10 Å². The van der Waals surface area contributed by atoms with Crippen molar-refractivity contribution in [3.8, 4) is 0 Å². The van der Waals surface area contributed by atoms with Crippen LogP contribution in [0.3, 0.4) is 0 Å². The van der Waals surface area contributed by atoms with Crippen LogP contribution in [0.15, 0.2) is 30.3 Å². The Bertz CT molecular complexity index is 618. The first kappa shape index (κ1) is 15.1. The monoisotopic (exact) mass is 298 g/mol. The number of nitrogens with one attached hydrogen (secondary N) is 1. The Labute approximate surface area is 133 Å². The maximum Gasteiger partial charge on any atom is 0.0641 e. The average Bonchev–Trinajstić information content (AvgIpc) is 2.75. The van der Waals surface area contributed by atoms with Crippen molar-refractivity contribution in [2.24, 2.45) is 7.05 Å². The maximum atomic E-state index is 4.54. The van der Waals surface area contributed by atoms with Gasteiger partial charge in [0.2, 0.25) is 0 Å². The molecule has 0 unspecified atom stereocenters. The van der Waals surface area contributed by atoms with Crippen LogP contribution in [0.1, 0.15) is 29.8 Å². The van der Waals surface area contributed by atoms with E-state index in [2.05, 4.69) is 59.5 Å². The number of rotatable bonds is 4. The second-order valence-corrected chi connectivity index (χ2v) is 6.36. The Hall–Kier alpha value is -1.81. The smallest absolute Gasteiger partial charge is 0.0641 e. The molecule has 2 heterocycles. The number of likely N-dealkylation sites (tertiary alicyclic amines) is 1. The van der Waals surface area contributed by atoms with Crippen LogP contribution in [0.5, 0.6) is 0 Å². The number of nitrogens with zero attached hydrogens (tertiary/aromatic N) is 3. The Morgan fingerprint density at radius 2 is 2.00 bits per heavy atom. The third kappa shape index (κ3) is 3.33. The number of hydrogen-bond acceptors (Lipinski definition) is 3. The first-order valence-electron chi connectivity index (χ1n) is 8.16. The molecule has 1 aliphatic rings. The lowest BCUT2D eigenvalue weighted by atomic mass is 10.0. The van der Waals surface area contributed by atoms with Gasteiger partial charge in [0.15, 0.2) is 0 Å². The molecule has 1 aromatic carbocycles. The highest BCUT2D eigenvalue weighted by atomic mass is 15.3. The van der Waals surface area contributed by atoms with E-state index in [0.29, 0.717) is 6.04 Å². The van der Waals surface area contributed by atoms with Gasteiger partial charge in [-0.25, -0.2) is 0 Å². The number of para-hydroxylation sites is 1. The highest BCUT2D eigenvalue weighted by Gasteiger charge is 2.21. The van der Waals surface area contributed by atoms with Gasteiger partial charge >= 0.3 is 0 Å². The first-order chi connectivity index (χ1) is 10.6. The molecule has 4 nitrogen and oxygen atoms in total. The van der Waals surface area contributed by atoms with Gasteiger partial charge < -0.3 is 5.32 Å². The number of anilines is 1. The Kier molecular flexibility index (Phi) is 4.48. The minimum atomic E-state index is 0.536. The summed E-state index contributed by atoms with van der Waals surface area (Å²) >= 11 is 0. The van der Waals surface area contributed by atoms with Gasteiger partial charge in [-0.3, -0.25) is 9.58 Å². The van der Waals surface area contributed by atoms with Gasteiger partial charge in [-0.1, -0.05) is 18.2 Å². The van der Waals surface area contributed by atoms with Gasteiger partial charge in [-0.05, 0) is 45.4 Å². The molecule has 0 spiro atoms. The molecule has 1 N–H and O–H groups in total. The highest BCUT2D eigenvalue weighted by Crippen LogP contribution is 2.20. The van der Waals surface area contributed by atoms with Crippen LogP contribution in [-0.2, 0) is 13.6 Å². The summed E-state index contributed by atoms with van der Waals surface area (Å²) in [5, 5.41) is 8.21. The lowest BCUT2D eigenvalue weighted by Gasteiger charge is -2.33. The van der Waals surface area contributed by atoms with Crippen molar-refractivity contribution in [3.05, 3.63) is 47.3 Å². The molecule has 0 aliphatic carbocycles. The van der Waals surface area contributed by atoms with Gasteiger partial charge in [0, 0.05) is 43.1 Å². The fourth-order valence-electron chi connectivity index (χ4n) is 3.36. The van der Waals surface area contributed by atoms with Crippen molar-refractivity contribution in [1.29, 1.82) is 0 Å². The Balaban J connectivity index is 1.63. The summed E-state index contributed by atoms with van der Waals surface area (Å²) in [5.74, 6) is 0. The zero-order valence-electron chi connectivity index (χ0n) is 13.8. The second-order valence-electron chi connectivity index (χ2n) is 6.36. The van der Waals surface area contributed by atoms with E-state index in [4.69, 9.17) is 0 Å². The van der Waals surface area contributed by atoms with Gasteiger partial charge in [-0.15, -0.1) is 0 Å². The number of hydrogen-bond donors (Lipinski definition) is 1. The highest BCUT2D eigenvalue weighted by molar-refractivity contribution is 5.43. The van der Waals surface area contributed by atoms with E-state index >= 15 is 0 Å². The first-order valence-corrected chi connectivity index (χ1v) is 8.16. The molecule has 1 aromatic heterocycles. The molecule has 1 saturated heterocycles. The van der Waals surface area contributed by atoms with Crippen molar-refractivity contribution in [2.45, 2.75) is 39.3 Å². The molecular weight excluding hydrogens is 272 g/mol. The van der Waals surface area contributed by atoms with Crippen molar-refractivity contribution in [3.63, 3.8) is 0 Å². The minimum absolute atomic E-state index is 0.536. The zero-order chi connectivity index (χ0) is 15.5. The zero-order valence-corrected chi connectivity index (χ0v) is 13.8. The lowest BCUT2D eigenvalue weighted by Crippen LogP contribution is -2.41. The van der Waals surface area contributed by atoms with E-state index in [1.54, 1.807) is 0 Å². The summed E-state index contributed by atoms with van der Waals surface area (Å²) in [4.78, 5) is 2.56. The van der Waals surface area contributed by atoms with Gasteiger partial charge in [0.25, 0.3) is 0 Å².